The number of rotatable bonds is 6. The highest BCUT2D eigenvalue weighted by atomic mass is 32.1. The normalized spacial score (nSPS) is 10.9. The molecular formula is C23H23N5S. The van der Waals surface area contributed by atoms with E-state index in [0.29, 0.717) is 6.54 Å². The summed E-state index contributed by atoms with van der Waals surface area (Å²) >= 11 is 1.64. The minimum atomic E-state index is 0.623. The van der Waals surface area contributed by atoms with Gasteiger partial charge in [0, 0.05) is 41.0 Å². The van der Waals surface area contributed by atoms with Crippen molar-refractivity contribution in [1.29, 1.82) is 0 Å². The van der Waals surface area contributed by atoms with Gasteiger partial charge in [0.15, 0.2) is 0 Å². The van der Waals surface area contributed by atoms with Crippen LogP contribution in [0.15, 0.2) is 54.2 Å². The van der Waals surface area contributed by atoms with Gasteiger partial charge in [-0.3, -0.25) is 4.98 Å². The van der Waals surface area contributed by atoms with Crippen molar-refractivity contribution in [3.63, 3.8) is 0 Å². The summed E-state index contributed by atoms with van der Waals surface area (Å²) in [4.78, 5) is 18.1. The Hall–Kier alpha value is -3.12. The first-order valence-electron chi connectivity index (χ1n) is 9.57. The monoisotopic (exact) mass is 401 g/mol. The smallest absolute Gasteiger partial charge is 0.133 e. The summed E-state index contributed by atoms with van der Waals surface area (Å²) < 4.78 is 0. The van der Waals surface area contributed by atoms with E-state index < -0.39 is 0 Å². The summed E-state index contributed by atoms with van der Waals surface area (Å²) in [5.41, 5.74) is 6.74. The maximum Gasteiger partial charge on any atom is 0.133 e. The molecule has 4 aromatic rings. The molecule has 0 radical (unpaired) electrons. The van der Waals surface area contributed by atoms with Gasteiger partial charge in [-0.2, -0.15) is 0 Å². The highest BCUT2D eigenvalue weighted by Crippen LogP contribution is 2.25. The first-order chi connectivity index (χ1) is 14.1. The van der Waals surface area contributed by atoms with Gasteiger partial charge in [-0.05, 0) is 38.5 Å². The molecule has 0 aliphatic carbocycles. The van der Waals surface area contributed by atoms with E-state index in [9.17, 15) is 0 Å². The second-order valence-electron chi connectivity index (χ2n) is 7.08. The molecule has 0 saturated carbocycles. The molecule has 5 nitrogen and oxygen atoms in total. The predicted molar refractivity (Wildman–Crippen MR) is 118 cm³/mol. The molecule has 29 heavy (non-hydrogen) atoms. The van der Waals surface area contributed by atoms with E-state index in [1.54, 1.807) is 23.7 Å². The number of hydrogen-bond donors (Lipinski definition) is 1. The average molecular weight is 402 g/mol. The Morgan fingerprint density at radius 2 is 1.66 bits per heavy atom. The molecule has 0 unspecified atom stereocenters. The van der Waals surface area contributed by atoms with Gasteiger partial charge in [-0.25, -0.2) is 15.0 Å². The number of benzene rings is 1. The van der Waals surface area contributed by atoms with Crippen LogP contribution in [0.1, 0.15) is 33.9 Å². The van der Waals surface area contributed by atoms with Crippen LogP contribution < -0.4 is 5.32 Å². The van der Waals surface area contributed by atoms with Crippen molar-refractivity contribution >= 4 is 17.2 Å². The Labute approximate surface area is 174 Å². The van der Waals surface area contributed by atoms with E-state index in [0.717, 1.165) is 45.6 Å². The Kier molecular flexibility index (Phi) is 5.62. The fourth-order valence-corrected chi connectivity index (χ4v) is 4.02. The Morgan fingerprint density at radius 1 is 0.897 bits per heavy atom. The predicted octanol–water partition coefficient (Wildman–Crippen LogP) is 5.12. The van der Waals surface area contributed by atoms with Gasteiger partial charge in [0.2, 0.25) is 0 Å². The average Bonchev–Trinajstić information content (AvgIpc) is 3.20. The molecule has 0 spiro atoms. The summed E-state index contributed by atoms with van der Waals surface area (Å²) in [6.45, 7) is 6.70. The van der Waals surface area contributed by atoms with E-state index >= 15 is 0 Å². The minimum absolute atomic E-state index is 0.623. The SMILES string of the molecule is Cc1ccc(Cc2c(C)nc(C)nc2NCc2csc(-c3ccncc3)n2)cc1. The number of aromatic nitrogens is 4. The number of nitrogens with zero attached hydrogens (tertiary/aromatic N) is 4. The number of pyridine rings is 1. The van der Waals surface area contributed by atoms with E-state index in [2.05, 4.69) is 56.8 Å². The molecule has 1 N–H and O–H groups in total. The molecule has 3 heterocycles. The van der Waals surface area contributed by atoms with E-state index in [1.807, 2.05) is 26.0 Å². The minimum Gasteiger partial charge on any atom is -0.364 e. The Morgan fingerprint density at radius 3 is 2.41 bits per heavy atom. The lowest BCUT2D eigenvalue weighted by Gasteiger charge is -2.14. The highest BCUT2D eigenvalue weighted by Gasteiger charge is 2.12. The number of aryl methyl sites for hydroxylation is 3. The molecule has 0 aliphatic heterocycles. The van der Waals surface area contributed by atoms with Crippen molar-refractivity contribution in [1.82, 2.24) is 19.9 Å². The van der Waals surface area contributed by atoms with Crippen LogP contribution in [0.2, 0.25) is 0 Å². The lowest BCUT2D eigenvalue weighted by Crippen LogP contribution is -2.10. The molecule has 0 amide bonds. The van der Waals surface area contributed by atoms with Gasteiger partial charge in [0.1, 0.15) is 16.6 Å². The lowest BCUT2D eigenvalue weighted by molar-refractivity contribution is 0.940. The van der Waals surface area contributed by atoms with Gasteiger partial charge in [-0.15, -0.1) is 11.3 Å². The zero-order valence-electron chi connectivity index (χ0n) is 16.8. The Balaban J connectivity index is 1.54. The van der Waals surface area contributed by atoms with Crippen molar-refractivity contribution in [3.8, 4) is 10.6 Å². The number of hydrogen-bond acceptors (Lipinski definition) is 6. The molecule has 146 valence electrons. The van der Waals surface area contributed by atoms with Crippen LogP contribution in [0.3, 0.4) is 0 Å². The molecule has 3 aromatic heterocycles. The molecule has 6 heteroatoms. The first-order valence-corrected chi connectivity index (χ1v) is 10.4. The van der Waals surface area contributed by atoms with Gasteiger partial charge in [0.05, 0.1) is 12.2 Å². The number of nitrogens with one attached hydrogen (secondary N) is 1. The van der Waals surface area contributed by atoms with Crippen molar-refractivity contribution in [2.75, 3.05) is 5.32 Å². The maximum absolute atomic E-state index is 4.75. The third-order valence-corrected chi connectivity index (χ3v) is 5.68. The summed E-state index contributed by atoms with van der Waals surface area (Å²) in [5.74, 6) is 1.66. The fourth-order valence-electron chi connectivity index (χ4n) is 3.19. The maximum atomic E-state index is 4.75. The topological polar surface area (TPSA) is 63.6 Å². The van der Waals surface area contributed by atoms with Gasteiger partial charge in [-0.1, -0.05) is 29.8 Å². The number of thiazole rings is 1. The molecule has 1 aromatic carbocycles. The van der Waals surface area contributed by atoms with Crippen LogP contribution in [0.5, 0.6) is 0 Å². The van der Waals surface area contributed by atoms with Crippen molar-refractivity contribution in [2.24, 2.45) is 0 Å². The largest absolute Gasteiger partial charge is 0.364 e. The second-order valence-corrected chi connectivity index (χ2v) is 7.94. The van der Waals surface area contributed by atoms with E-state index in [1.165, 1.54) is 11.1 Å². The van der Waals surface area contributed by atoms with Gasteiger partial charge < -0.3 is 5.32 Å². The highest BCUT2D eigenvalue weighted by molar-refractivity contribution is 7.13. The summed E-state index contributed by atoms with van der Waals surface area (Å²) in [6.07, 6.45) is 4.38. The molecule has 4 rings (SSSR count). The molecule has 0 bridgehead atoms. The zero-order valence-corrected chi connectivity index (χ0v) is 17.6. The third kappa shape index (κ3) is 4.66. The fraction of sp³-hybridized carbons (Fsp3) is 0.217. The lowest BCUT2D eigenvalue weighted by atomic mass is 10.0. The summed E-state index contributed by atoms with van der Waals surface area (Å²) in [7, 11) is 0. The van der Waals surface area contributed by atoms with Crippen LogP contribution >= 0.6 is 11.3 Å². The summed E-state index contributed by atoms with van der Waals surface area (Å²) in [6, 6.07) is 12.6. The van der Waals surface area contributed by atoms with Gasteiger partial charge >= 0.3 is 0 Å². The quantitative estimate of drug-likeness (QED) is 0.486. The van der Waals surface area contributed by atoms with Crippen molar-refractivity contribution in [3.05, 3.63) is 88.1 Å². The molecule has 0 saturated heterocycles. The standard InChI is InChI=1S/C23H23N5S/c1-15-4-6-18(7-5-15)12-21-16(2)26-17(3)27-22(21)25-13-20-14-29-23(28-20)19-8-10-24-11-9-19/h4-11,14H,12-13H2,1-3H3,(H,25,26,27). The van der Waals surface area contributed by atoms with Gasteiger partial charge in [0.25, 0.3) is 0 Å². The molecular weight excluding hydrogens is 378 g/mol. The molecule has 0 atom stereocenters. The zero-order chi connectivity index (χ0) is 20.2. The van der Waals surface area contributed by atoms with Crippen molar-refractivity contribution in [2.45, 2.75) is 33.7 Å². The first kappa shape index (κ1) is 19.2. The van der Waals surface area contributed by atoms with E-state index in [4.69, 9.17) is 4.98 Å². The Bertz CT molecular complexity index is 1100. The second kappa shape index (κ2) is 8.49. The van der Waals surface area contributed by atoms with Crippen LogP contribution in [-0.2, 0) is 13.0 Å². The number of anilines is 1. The molecule has 0 aliphatic rings. The third-order valence-electron chi connectivity index (χ3n) is 4.74. The van der Waals surface area contributed by atoms with Crippen LogP contribution in [0, 0.1) is 20.8 Å². The van der Waals surface area contributed by atoms with Crippen molar-refractivity contribution < 1.29 is 0 Å². The molecule has 0 fully saturated rings. The van der Waals surface area contributed by atoms with Crippen LogP contribution in [-0.4, -0.2) is 19.9 Å². The van der Waals surface area contributed by atoms with E-state index in [-0.39, 0.29) is 0 Å². The van der Waals surface area contributed by atoms with Crippen LogP contribution in [0.25, 0.3) is 10.6 Å². The van der Waals surface area contributed by atoms with Crippen LogP contribution in [0.4, 0.5) is 5.82 Å². The summed E-state index contributed by atoms with van der Waals surface area (Å²) in [5, 5.41) is 6.57.